The second-order valence-corrected chi connectivity index (χ2v) is 12.0. The van der Waals surface area contributed by atoms with E-state index in [1.807, 2.05) is 30.0 Å². The summed E-state index contributed by atoms with van der Waals surface area (Å²) in [7, 11) is 0. The fraction of sp³-hybridized carbons (Fsp3) is 0.548. The number of carbonyl (C=O) groups excluding carboxylic acids is 2. The third kappa shape index (κ3) is 6.83. The van der Waals surface area contributed by atoms with Gasteiger partial charge in [-0.25, -0.2) is 0 Å². The Morgan fingerprint density at radius 3 is 2.31 bits per heavy atom. The molecule has 0 aliphatic carbocycles. The van der Waals surface area contributed by atoms with Crippen LogP contribution in [-0.4, -0.2) is 67.3 Å². The van der Waals surface area contributed by atoms with E-state index in [0.717, 1.165) is 68.9 Å². The van der Waals surface area contributed by atoms with Gasteiger partial charge in [0.1, 0.15) is 0 Å². The number of amides is 1. The molecule has 194 valence electrons. The van der Waals surface area contributed by atoms with E-state index in [-0.39, 0.29) is 11.7 Å². The molecule has 4 rings (SSSR count). The van der Waals surface area contributed by atoms with Crippen molar-refractivity contribution < 1.29 is 9.59 Å². The summed E-state index contributed by atoms with van der Waals surface area (Å²) in [5.74, 6) is 0.297. The fourth-order valence-corrected chi connectivity index (χ4v) is 5.30. The van der Waals surface area contributed by atoms with Gasteiger partial charge in [0.25, 0.3) is 5.91 Å². The van der Waals surface area contributed by atoms with Crippen molar-refractivity contribution in [1.29, 1.82) is 0 Å². The van der Waals surface area contributed by atoms with E-state index < -0.39 is 0 Å². The van der Waals surface area contributed by atoms with Crippen molar-refractivity contribution in [3.8, 4) is 0 Å². The molecule has 1 fully saturated rings. The quantitative estimate of drug-likeness (QED) is 0.545. The van der Waals surface area contributed by atoms with Crippen LogP contribution in [0, 0.1) is 19.3 Å². The lowest BCUT2D eigenvalue weighted by molar-refractivity contribution is -0.120. The zero-order valence-corrected chi connectivity index (χ0v) is 22.9. The van der Waals surface area contributed by atoms with Crippen LogP contribution < -0.4 is 4.90 Å². The van der Waals surface area contributed by atoms with Crippen LogP contribution in [0.15, 0.2) is 36.4 Å². The van der Waals surface area contributed by atoms with Crippen LogP contribution in [0.3, 0.4) is 0 Å². The van der Waals surface area contributed by atoms with Gasteiger partial charge in [-0.3, -0.25) is 14.5 Å². The van der Waals surface area contributed by atoms with Crippen LogP contribution >= 0.6 is 0 Å². The predicted molar refractivity (Wildman–Crippen MR) is 148 cm³/mol. The van der Waals surface area contributed by atoms with Gasteiger partial charge in [-0.1, -0.05) is 44.5 Å². The number of carbonyl (C=O) groups is 2. The number of hydrogen-bond acceptors (Lipinski definition) is 4. The normalized spacial score (nSPS) is 17.2. The molecule has 0 aromatic heterocycles. The number of nitrogens with zero attached hydrogens (tertiary/aromatic N) is 3. The van der Waals surface area contributed by atoms with Gasteiger partial charge in [0.15, 0.2) is 5.78 Å². The largest absolute Gasteiger partial charge is 0.308 e. The Morgan fingerprint density at radius 1 is 0.889 bits per heavy atom. The number of Topliss-reactive ketones (excluding diaryl/α,β-unsaturated/α-hetero) is 1. The Bertz CT molecular complexity index is 1090. The Morgan fingerprint density at radius 2 is 1.61 bits per heavy atom. The van der Waals surface area contributed by atoms with Crippen molar-refractivity contribution >= 4 is 17.4 Å². The number of aryl methyl sites for hydroxylation is 3. The molecule has 5 heteroatoms. The average molecular weight is 490 g/mol. The topological polar surface area (TPSA) is 43.9 Å². The van der Waals surface area contributed by atoms with Gasteiger partial charge in [0.2, 0.25) is 0 Å². The van der Waals surface area contributed by atoms with E-state index in [1.54, 1.807) is 0 Å². The number of benzene rings is 2. The second kappa shape index (κ2) is 11.3. The molecule has 2 heterocycles. The molecule has 0 bridgehead atoms. The smallest absolute Gasteiger partial charge is 0.258 e. The van der Waals surface area contributed by atoms with Gasteiger partial charge in [0, 0.05) is 50.4 Å². The van der Waals surface area contributed by atoms with Crippen LogP contribution in [0.2, 0.25) is 0 Å². The summed E-state index contributed by atoms with van der Waals surface area (Å²) in [5, 5.41) is 0. The van der Waals surface area contributed by atoms with E-state index in [1.165, 1.54) is 17.5 Å². The van der Waals surface area contributed by atoms with E-state index in [0.29, 0.717) is 23.9 Å². The van der Waals surface area contributed by atoms with Gasteiger partial charge >= 0.3 is 0 Å². The Balaban J connectivity index is 1.31. The van der Waals surface area contributed by atoms with E-state index in [9.17, 15) is 9.59 Å². The van der Waals surface area contributed by atoms with Crippen LogP contribution in [0.5, 0.6) is 0 Å². The Hall–Kier alpha value is -2.50. The monoisotopic (exact) mass is 489 g/mol. The molecular weight excluding hydrogens is 446 g/mol. The van der Waals surface area contributed by atoms with Crippen molar-refractivity contribution in [2.24, 2.45) is 5.41 Å². The first-order valence-electron chi connectivity index (χ1n) is 13.6. The molecule has 0 saturated carbocycles. The molecular formula is C31H43N3O2. The molecule has 0 atom stereocenters. The zero-order valence-electron chi connectivity index (χ0n) is 22.9. The van der Waals surface area contributed by atoms with Crippen molar-refractivity contribution in [1.82, 2.24) is 9.80 Å². The summed E-state index contributed by atoms with van der Waals surface area (Å²) in [6.45, 7) is 17.4. The molecule has 2 aliphatic heterocycles. The number of ketones is 1. The maximum Gasteiger partial charge on any atom is 0.258 e. The maximum absolute atomic E-state index is 13.4. The highest BCUT2D eigenvalue weighted by Crippen LogP contribution is 2.29. The van der Waals surface area contributed by atoms with Crippen molar-refractivity contribution in [2.75, 3.05) is 50.7 Å². The van der Waals surface area contributed by atoms with Crippen LogP contribution in [0.1, 0.15) is 66.2 Å². The first-order valence-corrected chi connectivity index (χ1v) is 13.6. The van der Waals surface area contributed by atoms with Crippen molar-refractivity contribution in [3.63, 3.8) is 0 Å². The molecule has 2 aromatic carbocycles. The second-order valence-electron chi connectivity index (χ2n) is 12.0. The minimum absolute atomic E-state index is 0.0464. The highest BCUT2D eigenvalue weighted by atomic mass is 16.2. The lowest BCUT2D eigenvalue weighted by Gasteiger charge is -2.35. The van der Waals surface area contributed by atoms with Crippen molar-refractivity contribution in [3.05, 3.63) is 64.2 Å². The van der Waals surface area contributed by atoms with Crippen LogP contribution in [0.4, 0.5) is 5.69 Å². The van der Waals surface area contributed by atoms with Crippen LogP contribution in [-0.2, 0) is 17.6 Å². The lowest BCUT2D eigenvalue weighted by atomic mass is 9.92. The first kappa shape index (κ1) is 26.6. The molecule has 0 spiro atoms. The van der Waals surface area contributed by atoms with Gasteiger partial charge in [-0.05, 0) is 80.0 Å². The summed E-state index contributed by atoms with van der Waals surface area (Å²) in [6.07, 6.45) is 3.63. The Labute approximate surface area is 217 Å². The molecule has 0 unspecified atom stereocenters. The first-order chi connectivity index (χ1) is 17.1. The zero-order chi connectivity index (χ0) is 25.9. The standard InChI is InChI=1S/C31H43N3O2/c1-23-8-11-29-26(19-23)7-6-13-34(29)30(36)27-10-9-25(24(2)20-27)21-28(35)22-33-17-15-32(16-18-33)14-12-31(3,4)5/h8-11,19-20H,6-7,12-18,21-22H2,1-5H3. The highest BCUT2D eigenvalue weighted by Gasteiger charge is 2.25. The van der Waals surface area contributed by atoms with E-state index in [2.05, 4.69) is 55.7 Å². The highest BCUT2D eigenvalue weighted by molar-refractivity contribution is 6.07. The summed E-state index contributed by atoms with van der Waals surface area (Å²) in [5.41, 5.74) is 6.62. The molecule has 1 amide bonds. The van der Waals surface area contributed by atoms with Gasteiger partial charge in [-0.2, -0.15) is 0 Å². The molecule has 2 aliphatic rings. The van der Waals surface area contributed by atoms with E-state index in [4.69, 9.17) is 0 Å². The summed E-state index contributed by atoms with van der Waals surface area (Å²) < 4.78 is 0. The minimum Gasteiger partial charge on any atom is -0.308 e. The minimum atomic E-state index is 0.0464. The van der Waals surface area contributed by atoms with E-state index >= 15 is 0 Å². The molecule has 0 radical (unpaired) electrons. The van der Waals surface area contributed by atoms with Gasteiger partial charge in [-0.15, -0.1) is 0 Å². The average Bonchev–Trinajstić information content (AvgIpc) is 2.83. The third-order valence-corrected chi connectivity index (χ3v) is 7.62. The van der Waals surface area contributed by atoms with Crippen LogP contribution in [0.25, 0.3) is 0 Å². The Kier molecular flexibility index (Phi) is 8.31. The van der Waals surface area contributed by atoms with Gasteiger partial charge in [0.05, 0.1) is 6.54 Å². The summed E-state index contributed by atoms with van der Waals surface area (Å²) in [6, 6.07) is 12.2. The maximum atomic E-state index is 13.4. The molecule has 1 saturated heterocycles. The SMILES string of the molecule is Cc1ccc2c(c1)CCCN2C(=O)c1ccc(CC(=O)CN2CCN(CCC(C)(C)C)CC2)c(C)c1. The number of fused-ring (bicyclic) bond motifs is 1. The predicted octanol–water partition coefficient (Wildman–Crippen LogP) is 5.06. The van der Waals surface area contributed by atoms with Gasteiger partial charge < -0.3 is 9.80 Å². The third-order valence-electron chi connectivity index (χ3n) is 7.62. The molecule has 0 N–H and O–H groups in total. The number of hydrogen-bond donors (Lipinski definition) is 0. The van der Waals surface area contributed by atoms with Crippen molar-refractivity contribution in [2.45, 2.75) is 60.3 Å². The molecule has 2 aromatic rings. The summed E-state index contributed by atoms with van der Waals surface area (Å²) in [4.78, 5) is 33.0. The summed E-state index contributed by atoms with van der Waals surface area (Å²) >= 11 is 0. The lowest BCUT2D eigenvalue weighted by Crippen LogP contribution is -2.48. The molecule has 36 heavy (non-hydrogen) atoms. The fourth-order valence-electron chi connectivity index (χ4n) is 5.30. The number of anilines is 1. The number of piperazine rings is 1. The number of rotatable bonds is 7. The molecule has 5 nitrogen and oxygen atoms in total.